The average Bonchev–Trinajstić information content (AvgIpc) is 2.42. The van der Waals surface area contributed by atoms with Gasteiger partial charge in [-0.25, -0.2) is 8.42 Å². The number of hydrogen-bond acceptors (Lipinski definition) is 4. The lowest BCUT2D eigenvalue weighted by Gasteiger charge is -2.10. The van der Waals surface area contributed by atoms with E-state index in [1.165, 1.54) is 30.3 Å². The quantitative estimate of drug-likeness (QED) is 0.878. The van der Waals surface area contributed by atoms with Gasteiger partial charge in [-0.15, -0.1) is 0 Å². The lowest BCUT2D eigenvalue weighted by molar-refractivity contribution is 0.166. The Balaban J connectivity index is 2.47. The summed E-state index contributed by atoms with van der Waals surface area (Å²) in [6.07, 6.45) is 0. The van der Waals surface area contributed by atoms with Gasteiger partial charge in [0, 0.05) is 10.6 Å². The van der Waals surface area contributed by atoms with Gasteiger partial charge < -0.3 is 5.21 Å². The molecule has 0 unspecified atom stereocenters. The number of hydrogen-bond donors (Lipinski definition) is 1. The van der Waals surface area contributed by atoms with Gasteiger partial charge in [-0.1, -0.05) is 11.6 Å². The normalized spacial score (nSPS) is 11.6. The number of benzene rings is 1. The molecule has 0 radical (unpaired) electrons. The maximum absolute atomic E-state index is 12.3. The van der Waals surface area contributed by atoms with Crippen LogP contribution in [0.3, 0.4) is 0 Å². The van der Waals surface area contributed by atoms with Gasteiger partial charge in [0.25, 0.3) is 5.56 Å². The topological polar surface area (TPSA) is 76.4 Å². The largest absolute Gasteiger partial charge is 0.425 e. The Morgan fingerprint density at radius 2 is 1.76 bits per heavy atom. The first-order chi connectivity index (χ1) is 9.72. The fourth-order valence-corrected chi connectivity index (χ4v) is 3.34. The second-order valence-corrected chi connectivity index (χ2v) is 7.20. The summed E-state index contributed by atoms with van der Waals surface area (Å²) >= 11 is 5.73. The Hall–Kier alpha value is -1.79. The summed E-state index contributed by atoms with van der Waals surface area (Å²) in [6, 6.07) is 7.21. The molecule has 0 aliphatic carbocycles. The molecule has 0 bridgehead atoms. The average molecular weight is 328 g/mol. The van der Waals surface area contributed by atoms with E-state index in [1.54, 1.807) is 13.8 Å². The minimum Gasteiger partial charge on any atom is -0.425 e. The van der Waals surface area contributed by atoms with Gasteiger partial charge in [-0.3, -0.25) is 4.79 Å². The zero-order valence-electron chi connectivity index (χ0n) is 11.5. The predicted octanol–water partition coefficient (Wildman–Crippen LogP) is 2.33. The lowest BCUT2D eigenvalue weighted by atomic mass is 10.1. The zero-order valence-corrected chi connectivity index (χ0v) is 13.1. The number of pyridine rings is 1. The van der Waals surface area contributed by atoms with E-state index in [0.29, 0.717) is 20.9 Å². The second-order valence-electron chi connectivity index (χ2n) is 4.77. The van der Waals surface area contributed by atoms with Crippen LogP contribution in [0, 0.1) is 13.8 Å². The van der Waals surface area contributed by atoms with Crippen LogP contribution in [0.5, 0.6) is 0 Å². The van der Waals surface area contributed by atoms with E-state index in [4.69, 9.17) is 11.6 Å². The Bertz CT molecular complexity index is 839. The molecule has 0 amide bonds. The number of rotatable bonds is 3. The van der Waals surface area contributed by atoms with Crippen LogP contribution in [0.25, 0.3) is 0 Å². The van der Waals surface area contributed by atoms with Gasteiger partial charge >= 0.3 is 0 Å². The molecule has 5 nitrogen and oxygen atoms in total. The molecule has 1 heterocycles. The van der Waals surface area contributed by atoms with E-state index < -0.39 is 21.1 Å². The van der Waals surface area contributed by atoms with Gasteiger partial charge in [-0.05, 0) is 49.7 Å². The summed E-state index contributed by atoms with van der Waals surface area (Å²) in [5.41, 5.74) is 0.422. The third-order valence-electron chi connectivity index (χ3n) is 3.27. The summed E-state index contributed by atoms with van der Waals surface area (Å²) in [4.78, 5) is 11.9. The molecule has 21 heavy (non-hydrogen) atoms. The zero-order chi connectivity index (χ0) is 15.8. The smallest absolute Gasteiger partial charge is 0.286 e. The molecular weight excluding hydrogens is 314 g/mol. The highest BCUT2D eigenvalue weighted by Crippen LogP contribution is 2.19. The van der Waals surface area contributed by atoms with Crippen LogP contribution in [0.1, 0.15) is 16.8 Å². The number of halogens is 1. The van der Waals surface area contributed by atoms with Crippen molar-refractivity contribution in [3.05, 3.63) is 62.5 Å². The third-order valence-corrected chi connectivity index (χ3v) is 5.19. The van der Waals surface area contributed by atoms with E-state index in [0.717, 1.165) is 0 Å². The lowest BCUT2D eigenvalue weighted by Crippen LogP contribution is -2.25. The van der Waals surface area contributed by atoms with Crippen molar-refractivity contribution in [2.24, 2.45) is 0 Å². The van der Waals surface area contributed by atoms with E-state index in [9.17, 15) is 18.4 Å². The van der Waals surface area contributed by atoms with Crippen LogP contribution < -0.4 is 5.56 Å². The molecule has 0 atom stereocenters. The number of nitrogens with zero attached hydrogens (tertiary/aromatic N) is 1. The van der Waals surface area contributed by atoms with E-state index in [1.807, 2.05) is 0 Å². The highest BCUT2D eigenvalue weighted by Gasteiger charge is 2.19. The molecule has 0 saturated carbocycles. The summed E-state index contributed by atoms with van der Waals surface area (Å²) < 4.78 is 25.0. The van der Waals surface area contributed by atoms with Crippen LogP contribution in [-0.4, -0.2) is 18.4 Å². The van der Waals surface area contributed by atoms with Crippen LogP contribution in [0.4, 0.5) is 0 Å². The molecule has 112 valence electrons. The van der Waals surface area contributed by atoms with E-state index in [-0.39, 0.29) is 10.6 Å². The molecule has 0 aliphatic heterocycles. The third kappa shape index (κ3) is 3.11. The standard InChI is InChI=1S/C14H14ClNO4S/c1-9-7-12(16(18)14(17)10(9)2)8-21(19,20)13-5-3-11(15)4-6-13/h3-7,18H,8H2,1-2H3. The monoisotopic (exact) mass is 327 g/mol. The predicted molar refractivity (Wildman–Crippen MR) is 79.7 cm³/mol. The van der Waals surface area contributed by atoms with Crippen molar-refractivity contribution >= 4 is 21.4 Å². The SMILES string of the molecule is Cc1cc(CS(=O)(=O)c2ccc(Cl)cc2)n(O)c(=O)c1C. The van der Waals surface area contributed by atoms with Crippen LogP contribution in [0.2, 0.25) is 5.02 Å². The van der Waals surface area contributed by atoms with E-state index >= 15 is 0 Å². The molecule has 1 aromatic carbocycles. The Morgan fingerprint density at radius 1 is 1.19 bits per heavy atom. The first kappa shape index (κ1) is 15.6. The minimum absolute atomic E-state index is 0.0260. The highest BCUT2D eigenvalue weighted by atomic mass is 35.5. The van der Waals surface area contributed by atoms with Gasteiger partial charge in [0.05, 0.1) is 16.3 Å². The van der Waals surface area contributed by atoms with Crippen molar-refractivity contribution in [1.82, 2.24) is 4.73 Å². The number of aryl methyl sites for hydroxylation is 1. The highest BCUT2D eigenvalue weighted by molar-refractivity contribution is 7.90. The molecule has 0 aliphatic rings. The van der Waals surface area contributed by atoms with Gasteiger partial charge in [0.1, 0.15) is 0 Å². The molecule has 1 N–H and O–H groups in total. The summed E-state index contributed by atoms with van der Waals surface area (Å²) in [6.45, 7) is 3.26. The van der Waals surface area contributed by atoms with Crippen molar-refractivity contribution < 1.29 is 13.6 Å². The van der Waals surface area contributed by atoms with Crippen molar-refractivity contribution in [3.8, 4) is 0 Å². The first-order valence-electron chi connectivity index (χ1n) is 6.12. The minimum atomic E-state index is -3.68. The fourth-order valence-electron chi connectivity index (χ4n) is 1.90. The fraction of sp³-hybridized carbons (Fsp3) is 0.214. The van der Waals surface area contributed by atoms with Crippen molar-refractivity contribution in [1.29, 1.82) is 0 Å². The van der Waals surface area contributed by atoms with Gasteiger partial charge in [0.15, 0.2) is 9.84 Å². The molecule has 0 fully saturated rings. The summed E-state index contributed by atoms with van der Waals surface area (Å²) in [5, 5.41) is 10.2. The summed E-state index contributed by atoms with van der Waals surface area (Å²) in [7, 11) is -3.68. The Labute approximate surface area is 127 Å². The van der Waals surface area contributed by atoms with Gasteiger partial charge in [0.2, 0.25) is 0 Å². The van der Waals surface area contributed by atoms with E-state index in [2.05, 4.69) is 0 Å². The maximum atomic E-state index is 12.3. The van der Waals surface area contributed by atoms with Crippen LogP contribution >= 0.6 is 11.6 Å². The maximum Gasteiger partial charge on any atom is 0.286 e. The molecule has 1 aromatic heterocycles. The Morgan fingerprint density at radius 3 is 2.33 bits per heavy atom. The summed E-state index contributed by atoms with van der Waals surface area (Å²) in [5.74, 6) is -0.471. The first-order valence-corrected chi connectivity index (χ1v) is 8.15. The number of sulfone groups is 1. The molecule has 0 spiro atoms. The van der Waals surface area contributed by atoms with Crippen molar-refractivity contribution in [2.45, 2.75) is 24.5 Å². The molecule has 2 rings (SSSR count). The molecule has 2 aromatic rings. The molecular formula is C14H14ClNO4S. The second kappa shape index (κ2) is 5.54. The van der Waals surface area contributed by atoms with Gasteiger partial charge in [-0.2, -0.15) is 4.73 Å². The molecule has 7 heteroatoms. The molecule has 0 saturated heterocycles. The van der Waals surface area contributed by atoms with Crippen LogP contribution in [0.15, 0.2) is 40.0 Å². The van der Waals surface area contributed by atoms with Crippen LogP contribution in [-0.2, 0) is 15.6 Å². The van der Waals surface area contributed by atoms with Crippen molar-refractivity contribution in [3.63, 3.8) is 0 Å². The van der Waals surface area contributed by atoms with Crippen molar-refractivity contribution in [2.75, 3.05) is 0 Å². The number of aromatic nitrogens is 1. The Kier molecular flexibility index (Phi) is 4.11.